The van der Waals surface area contributed by atoms with E-state index in [4.69, 9.17) is 0 Å². The second-order valence-electron chi connectivity index (χ2n) is 4.30. The Kier molecular flexibility index (Phi) is 3.47. The zero-order chi connectivity index (χ0) is 12.6. The molecule has 0 aromatic heterocycles. The van der Waals surface area contributed by atoms with Crippen molar-refractivity contribution in [2.45, 2.75) is 17.9 Å². The number of anilines is 1. The molecule has 94 valence electrons. The van der Waals surface area contributed by atoms with Crippen LogP contribution in [-0.2, 0) is 9.84 Å². The third-order valence-electron chi connectivity index (χ3n) is 2.75. The number of hydrogen-bond donors (Lipinski definition) is 2. The van der Waals surface area contributed by atoms with Gasteiger partial charge in [0.25, 0.3) is 0 Å². The van der Waals surface area contributed by atoms with Crippen molar-refractivity contribution in [2.75, 3.05) is 24.7 Å². The predicted molar refractivity (Wildman–Crippen MR) is 72.3 cm³/mol. The highest BCUT2D eigenvalue weighted by Gasteiger charge is 2.31. The van der Waals surface area contributed by atoms with Gasteiger partial charge in [-0.2, -0.15) is 0 Å². The number of likely N-dealkylation sites (N-methyl/N-ethyl adjacent to an activating group) is 1. The van der Waals surface area contributed by atoms with Crippen molar-refractivity contribution in [3.63, 3.8) is 0 Å². The minimum absolute atomic E-state index is 0.0866. The fourth-order valence-electron chi connectivity index (χ4n) is 2.05. The van der Waals surface area contributed by atoms with Crippen LogP contribution in [0.4, 0.5) is 5.69 Å². The Bertz CT molecular complexity index is 543. The second-order valence-corrected chi connectivity index (χ2v) is 7.16. The monoisotopic (exact) mass is 318 g/mol. The van der Waals surface area contributed by atoms with E-state index < -0.39 is 9.84 Å². The van der Waals surface area contributed by atoms with Gasteiger partial charge in [0, 0.05) is 11.0 Å². The summed E-state index contributed by atoms with van der Waals surface area (Å²) in [6.07, 6.45) is 0. The minimum Gasteiger partial charge on any atom is -0.378 e. The third kappa shape index (κ3) is 2.48. The molecule has 1 aromatic carbocycles. The molecule has 1 aliphatic rings. The highest BCUT2D eigenvalue weighted by molar-refractivity contribution is 9.10. The average molecular weight is 319 g/mol. The number of aryl methyl sites for hydroxylation is 1. The summed E-state index contributed by atoms with van der Waals surface area (Å²) in [7, 11) is -1.38. The van der Waals surface area contributed by atoms with Gasteiger partial charge in [-0.15, -0.1) is 0 Å². The lowest BCUT2D eigenvalue weighted by atomic mass is 10.2. The predicted octanol–water partition coefficient (Wildman–Crippen LogP) is 1.54. The van der Waals surface area contributed by atoms with Crippen molar-refractivity contribution in [3.8, 4) is 0 Å². The van der Waals surface area contributed by atoms with Crippen LogP contribution in [0.5, 0.6) is 0 Å². The molecule has 0 saturated carbocycles. The van der Waals surface area contributed by atoms with Crippen molar-refractivity contribution in [3.05, 3.63) is 22.2 Å². The number of nitrogens with one attached hydrogen (secondary N) is 2. The van der Waals surface area contributed by atoms with Crippen molar-refractivity contribution < 1.29 is 8.42 Å². The van der Waals surface area contributed by atoms with Gasteiger partial charge in [0.05, 0.1) is 22.4 Å². The first-order valence-corrected chi connectivity index (χ1v) is 7.82. The summed E-state index contributed by atoms with van der Waals surface area (Å²) in [5, 5.41) is 6.26. The lowest BCUT2D eigenvalue weighted by Gasteiger charge is -2.28. The maximum Gasteiger partial charge on any atom is 0.182 e. The van der Waals surface area contributed by atoms with Crippen molar-refractivity contribution in [1.82, 2.24) is 5.32 Å². The van der Waals surface area contributed by atoms with Crippen LogP contribution in [-0.4, -0.2) is 33.8 Å². The second kappa shape index (κ2) is 4.59. The molecule has 1 atom stereocenters. The summed E-state index contributed by atoms with van der Waals surface area (Å²) in [4.78, 5) is 0.400. The Morgan fingerprint density at radius 1 is 1.53 bits per heavy atom. The van der Waals surface area contributed by atoms with Gasteiger partial charge in [-0.3, -0.25) is 0 Å². The summed E-state index contributed by atoms with van der Waals surface area (Å²) in [5.74, 6) is 0.136. The fraction of sp³-hybridized carbons (Fsp3) is 0.455. The maximum absolute atomic E-state index is 12.2. The largest absolute Gasteiger partial charge is 0.378 e. The van der Waals surface area contributed by atoms with Crippen molar-refractivity contribution in [2.24, 2.45) is 0 Å². The molecule has 1 aromatic rings. The molecule has 2 rings (SSSR count). The molecule has 0 bridgehead atoms. The highest BCUT2D eigenvalue weighted by Crippen LogP contribution is 2.35. The first-order chi connectivity index (χ1) is 7.94. The zero-order valence-corrected chi connectivity index (χ0v) is 12.2. The summed E-state index contributed by atoms with van der Waals surface area (Å²) in [5.41, 5.74) is 1.62. The fourth-order valence-corrected chi connectivity index (χ4v) is 4.63. The molecular formula is C11H15BrN2O2S. The highest BCUT2D eigenvalue weighted by atomic mass is 79.9. The molecule has 0 fully saturated rings. The van der Waals surface area contributed by atoms with Gasteiger partial charge < -0.3 is 10.6 Å². The Labute approximate surface area is 110 Å². The number of sulfone groups is 1. The number of halogens is 1. The van der Waals surface area contributed by atoms with Gasteiger partial charge in [-0.05, 0) is 47.6 Å². The van der Waals surface area contributed by atoms with Crippen LogP contribution >= 0.6 is 15.9 Å². The number of fused-ring (bicyclic) bond motifs is 1. The number of hydrogen-bond acceptors (Lipinski definition) is 4. The normalized spacial score (nSPS) is 21.7. The number of rotatable bonds is 2. The van der Waals surface area contributed by atoms with Crippen LogP contribution in [0.15, 0.2) is 21.5 Å². The molecule has 0 radical (unpaired) electrons. The summed E-state index contributed by atoms with van der Waals surface area (Å²) < 4.78 is 25.2. The molecule has 1 unspecified atom stereocenters. The standard InChI is InChI=1S/C11H15BrN2O2S/c1-7-3-9(12)11-10(4-7)17(15,16)6-8(14-11)5-13-2/h3-4,8,13-14H,5-6H2,1-2H3. The molecule has 1 heterocycles. The van der Waals surface area contributed by atoms with Crippen LogP contribution in [0, 0.1) is 6.92 Å². The van der Waals surface area contributed by atoms with Crippen LogP contribution < -0.4 is 10.6 Å². The summed E-state index contributed by atoms with van der Waals surface area (Å²) >= 11 is 3.42. The van der Waals surface area contributed by atoms with Gasteiger partial charge in [-0.25, -0.2) is 8.42 Å². The van der Waals surface area contributed by atoms with E-state index in [0.29, 0.717) is 17.1 Å². The van der Waals surface area contributed by atoms with E-state index >= 15 is 0 Å². The van der Waals surface area contributed by atoms with E-state index in [1.165, 1.54) is 0 Å². The van der Waals surface area contributed by atoms with E-state index in [9.17, 15) is 8.42 Å². The lowest BCUT2D eigenvalue weighted by Crippen LogP contribution is -2.40. The van der Waals surface area contributed by atoms with Crippen LogP contribution in [0.1, 0.15) is 5.56 Å². The number of benzene rings is 1. The van der Waals surface area contributed by atoms with Crippen LogP contribution in [0.25, 0.3) is 0 Å². The van der Waals surface area contributed by atoms with Gasteiger partial charge in [0.15, 0.2) is 9.84 Å². The molecule has 0 saturated heterocycles. The average Bonchev–Trinajstić information content (AvgIpc) is 2.20. The Hall–Kier alpha value is -0.590. The molecule has 6 heteroatoms. The van der Waals surface area contributed by atoms with Crippen molar-refractivity contribution >= 4 is 31.5 Å². The van der Waals surface area contributed by atoms with Crippen LogP contribution in [0.3, 0.4) is 0 Å². The minimum atomic E-state index is -3.19. The van der Waals surface area contributed by atoms with Gasteiger partial charge in [0.2, 0.25) is 0 Å². The summed E-state index contributed by atoms with van der Waals surface area (Å²) in [6.45, 7) is 2.51. The maximum atomic E-state index is 12.2. The molecule has 1 aliphatic heterocycles. The molecule has 2 N–H and O–H groups in total. The SMILES string of the molecule is CNCC1CS(=O)(=O)c2cc(C)cc(Br)c2N1. The molecule has 0 spiro atoms. The Morgan fingerprint density at radius 3 is 2.88 bits per heavy atom. The van der Waals surface area contributed by atoms with Gasteiger partial charge in [0.1, 0.15) is 0 Å². The Balaban J connectivity index is 2.53. The van der Waals surface area contributed by atoms with Gasteiger partial charge >= 0.3 is 0 Å². The molecule has 4 nitrogen and oxygen atoms in total. The molecule has 0 aliphatic carbocycles. The first kappa shape index (κ1) is 12.9. The van der Waals surface area contributed by atoms with E-state index in [2.05, 4.69) is 26.6 Å². The zero-order valence-electron chi connectivity index (χ0n) is 9.75. The van der Waals surface area contributed by atoms with Gasteiger partial charge in [-0.1, -0.05) is 0 Å². The third-order valence-corrected chi connectivity index (χ3v) is 5.21. The lowest BCUT2D eigenvalue weighted by molar-refractivity contribution is 0.580. The van der Waals surface area contributed by atoms with Crippen LogP contribution in [0.2, 0.25) is 0 Å². The van der Waals surface area contributed by atoms with E-state index in [1.807, 2.05) is 20.0 Å². The van der Waals surface area contributed by atoms with E-state index in [0.717, 1.165) is 10.0 Å². The first-order valence-electron chi connectivity index (χ1n) is 5.38. The van der Waals surface area contributed by atoms with Crippen molar-refractivity contribution in [1.29, 1.82) is 0 Å². The molecular weight excluding hydrogens is 304 g/mol. The van der Waals surface area contributed by atoms with E-state index in [1.54, 1.807) is 6.07 Å². The smallest absolute Gasteiger partial charge is 0.182 e. The quantitative estimate of drug-likeness (QED) is 0.868. The summed E-state index contributed by atoms with van der Waals surface area (Å²) in [6, 6.07) is 3.55. The Morgan fingerprint density at radius 2 is 2.24 bits per heavy atom. The van der Waals surface area contributed by atoms with E-state index in [-0.39, 0.29) is 11.8 Å². The molecule has 0 amide bonds. The topological polar surface area (TPSA) is 58.2 Å². The molecule has 17 heavy (non-hydrogen) atoms.